The predicted molar refractivity (Wildman–Crippen MR) is 106 cm³/mol. The van der Waals surface area contributed by atoms with Crippen LogP contribution >= 0.6 is 0 Å². The van der Waals surface area contributed by atoms with Gasteiger partial charge in [0.05, 0.1) is 5.69 Å². The number of benzene rings is 1. The summed E-state index contributed by atoms with van der Waals surface area (Å²) in [5.74, 6) is 0.493. The topological polar surface area (TPSA) is 82.0 Å². The van der Waals surface area contributed by atoms with E-state index in [9.17, 15) is 9.59 Å². The summed E-state index contributed by atoms with van der Waals surface area (Å²) >= 11 is 0. The molecule has 0 saturated carbocycles. The summed E-state index contributed by atoms with van der Waals surface area (Å²) < 4.78 is 0. The predicted octanol–water partition coefficient (Wildman–Crippen LogP) is 1.62. The van der Waals surface area contributed by atoms with Crippen LogP contribution in [0.4, 0.5) is 11.6 Å². The van der Waals surface area contributed by atoms with Gasteiger partial charge in [-0.25, -0.2) is 15.0 Å². The van der Waals surface area contributed by atoms with Crippen LogP contribution in [-0.2, 0) is 9.59 Å². The van der Waals surface area contributed by atoms with E-state index in [2.05, 4.69) is 20.0 Å². The van der Waals surface area contributed by atoms with Crippen molar-refractivity contribution in [1.29, 1.82) is 0 Å². The Kier molecular flexibility index (Phi) is 5.01. The van der Waals surface area contributed by atoms with E-state index in [0.717, 1.165) is 5.56 Å². The van der Waals surface area contributed by atoms with Gasteiger partial charge in [0.15, 0.2) is 0 Å². The molecule has 1 aromatic carbocycles. The lowest BCUT2D eigenvalue weighted by Crippen LogP contribution is -2.52. The summed E-state index contributed by atoms with van der Waals surface area (Å²) in [6.45, 7) is 4.46. The van der Waals surface area contributed by atoms with Gasteiger partial charge in [-0.1, -0.05) is 12.1 Å². The number of aryl methyl sites for hydroxylation is 1. The van der Waals surface area contributed by atoms with Gasteiger partial charge in [0.2, 0.25) is 11.9 Å². The van der Waals surface area contributed by atoms with Crippen molar-refractivity contribution in [3.63, 3.8) is 0 Å². The van der Waals surface area contributed by atoms with E-state index >= 15 is 0 Å². The van der Waals surface area contributed by atoms with E-state index in [1.54, 1.807) is 23.4 Å². The largest absolute Gasteiger partial charge is 0.337 e. The summed E-state index contributed by atoms with van der Waals surface area (Å²) in [6.07, 6.45) is 4.10. The fourth-order valence-corrected chi connectivity index (χ4v) is 3.42. The first-order valence-corrected chi connectivity index (χ1v) is 9.40. The molecule has 0 aliphatic carbocycles. The molecule has 8 heteroatoms. The minimum Gasteiger partial charge on any atom is -0.337 e. The summed E-state index contributed by atoms with van der Waals surface area (Å²) in [5, 5.41) is 5.76. The third-order valence-corrected chi connectivity index (χ3v) is 4.93. The van der Waals surface area contributed by atoms with Crippen LogP contribution in [0.3, 0.4) is 0 Å². The number of hydrogen-bond acceptors (Lipinski definition) is 6. The molecule has 2 aliphatic heterocycles. The van der Waals surface area contributed by atoms with Gasteiger partial charge in [-0.05, 0) is 30.7 Å². The maximum atomic E-state index is 13.0. The van der Waals surface area contributed by atoms with Crippen molar-refractivity contribution in [2.24, 2.45) is 5.10 Å². The third kappa shape index (κ3) is 3.71. The highest BCUT2D eigenvalue weighted by Crippen LogP contribution is 2.22. The van der Waals surface area contributed by atoms with Crippen LogP contribution in [0.25, 0.3) is 0 Å². The molecule has 4 rings (SSSR count). The number of hydrazone groups is 1. The van der Waals surface area contributed by atoms with Crippen LogP contribution in [-0.4, -0.2) is 58.6 Å². The highest BCUT2D eigenvalue weighted by molar-refractivity contribution is 6.40. The van der Waals surface area contributed by atoms with Crippen LogP contribution in [0, 0.1) is 6.92 Å². The quantitative estimate of drug-likeness (QED) is 0.811. The van der Waals surface area contributed by atoms with Crippen molar-refractivity contribution >= 4 is 29.2 Å². The zero-order chi connectivity index (χ0) is 19.5. The smallest absolute Gasteiger partial charge is 0.270 e. The van der Waals surface area contributed by atoms with Crippen LogP contribution in [0.5, 0.6) is 0 Å². The van der Waals surface area contributed by atoms with Crippen molar-refractivity contribution in [2.75, 3.05) is 36.1 Å². The molecule has 1 aromatic heterocycles. The normalized spacial score (nSPS) is 17.5. The molecule has 144 valence electrons. The summed E-state index contributed by atoms with van der Waals surface area (Å²) in [4.78, 5) is 37.7. The van der Waals surface area contributed by atoms with E-state index in [0.29, 0.717) is 49.9 Å². The van der Waals surface area contributed by atoms with Gasteiger partial charge in [-0.15, -0.1) is 0 Å². The number of piperazine rings is 1. The van der Waals surface area contributed by atoms with E-state index in [1.807, 2.05) is 31.2 Å². The molecule has 2 amide bonds. The Balaban J connectivity index is 1.46. The van der Waals surface area contributed by atoms with E-state index in [-0.39, 0.29) is 18.2 Å². The molecule has 8 nitrogen and oxygen atoms in total. The second-order valence-electron chi connectivity index (χ2n) is 6.92. The van der Waals surface area contributed by atoms with Gasteiger partial charge in [0, 0.05) is 51.4 Å². The average Bonchev–Trinajstić information content (AvgIpc) is 2.74. The standard InChI is InChI=1S/C20H22N6O2/c1-15-4-2-5-16(14-15)26-18(27)7-6-17(23-26)19(28)24-10-12-25(13-11-24)20-21-8-3-9-22-20/h2-5,8-9,14H,6-7,10-13H2,1H3. The number of anilines is 2. The number of nitrogens with zero attached hydrogens (tertiary/aromatic N) is 6. The van der Waals surface area contributed by atoms with Crippen LogP contribution in [0.15, 0.2) is 47.8 Å². The molecular formula is C20H22N6O2. The number of rotatable bonds is 3. The zero-order valence-electron chi connectivity index (χ0n) is 15.8. The lowest BCUT2D eigenvalue weighted by molar-refractivity contribution is -0.124. The summed E-state index contributed by atoms with van der Waals surface area (Å²) in [5.41, 5.74) is 2.17. The van der Waals surface area contributed by atoms with Gasteiger partial charge < -0.3 is 9.80 Å². The lowest BCUT2D eigenvalue weighted by atomic mass is 10.1. The highest BCUT2D eigenvalue weighted by atomic mass is 16.2. The number of aromatic nitrogens is 2. The van der Waals surface area contributed by atoms with E-state index < -0.39 is 0 Å². The first-order valence-electron chi connectivity index (χ1n) is 9.40. The lowest BCUT2D eigenvalue weighted by Gasteiger charge is -2.35. The fourth-order valence-electron chi connectivity index (χ4n) is 3.42. The molecule has 0 spiro atoms. The fraction of sp³-hybridized carbons (Fsp3) is 0.350. The van der Waals surface area contributed by atoms with Crippen LogP contribution in [0.1, 0.15) is 18.4 Å². The molecule has 0 N–H and O–H groups in total. The van der Waals surface area contributed by atoms with E-state index in [4.69, 9.17) is 0 Å². The molecule has 2 aliphatic rings. The minimum atomic E-state index is -0.0983. The first kappa shape index (κ1) is 18.1. The van der Waals surface area contributed by atoms with Crippen molar-refractivity contribution < 1.29 is 9.59 Å². The Morgan fingerprint density at radius 1 is 1.00 bits per heavy atom. The Hall–Kier alpha value is -3.29. The average molecular weight is 378 g/mol. The molecule has 2 aromatic rings. The number of carbonyl (C=O) groups excluding carboxylic acids is 2. The van der Waals surface area contributed by atoms with Crippen LogP contribution < -0.4 is 9.91 Å². The number of carbonyl (C=O) groups is 2. The van der Waals surface area contributed by atoms with Crippen molar-refractivity contribution in [1.82, 2.24) is 14.9 Å². The summed E-state index contributed by atoms with van der Waals surface area (Å²) in [7, 11) is 0. The van der Waals surface area contributed by atoms with Gasteiger partial charge >= 0.3 is 0 Å². The molecule has 3 heterocycles. The molecular weight excluding hydrogens is 356 g/mol. The number of hydrogen-bond donors (Lipinski definition) is 0. The highest BCUT2D eigenvalue weighted by Gasteiger charge is 2.30. The molecule has 0 bridgehead atoms. The molecule has 0 radical (unpaired) electrons. The van der Waals surface area contributed by atoms with Gasteiger partial charge in [0.25, 0.3) is 5.91 Å². The Morgan fingerprint density at radius 3 is 2.46 bits per heavy atom. The molecule has 0 unspecified atom stereocenters. The second kappa shape index (κ2) is 7.75. The summed E-state index contributed by atoms with van der Waals surface area (Å²) in [6, 6.07) is 9.36. The van der Waals surface area contributed by atoms with Crippen molar-refractivity contribution in [3.8, 4) is 0 Å². The van der Waals surface area contributed by atoms with Crippen molar-refractivity contribution in [2.45, 2.75) is 19.8 Å². The van der Waals surface area contributed by atoms with Crippen LogP contribution in [0.2, 0.25) is 0 Å². The maximum absolute atomic E-state index is 13.0. The van der Waals surface area contributed by atoms with Crippen molar-refractivity contribution in [3.05, 3.63) is 48.3 Å². The zero-order valence-corrected chi connectivity index (χ0v) is 15.8. The monoisotopic (exact) mass is 378 g/mol. The SMILES string of the molecule is Cc1cccc(N2N=C(C(=O)N3CCN(c4ncccn4)CC3)CCC2=O)c1. The Labute approximate surface area is 163 Å². The minimum absolute atomic E-state index is 0.0896. The second-order valence-corrected chi connectivity index (χ2v) is 6.92. The van der Waals surface area contributed by atoms with Gasteiger partial charge in [-0.2, -0.15) is 5.10 Å². The van der Waals surface area contributed by atoms with Gasteiger partial charge in [0.1, 0.15) is 5.71 Å². The molecule has 28 heavy (non-hydrogen) atoms. The Morgan fingerprint density at radius 2 is 1.75 bits per heavy atom. The molecule has 1 fully saturated rings. The third-order valence-electron chi connectivity index (χ3n) is 4.93. The molecule has 1 saturated heterocycles. The van der Waals surface area contributed by atoms with Gasteiger partial charge in [-0.3, -0.25) is 9.59 Å². The Bertz CT molecular complexity index is 906. The maximum Gasteiger partial charge on any atom is 0.270 e. The molecule has 0 atom stereocenters. The first-order chi connectivity index (χ1) is 13.6. The number of amides is 2. The van der Waals surface area contributed by atoms with E-state index in [1.165, 1.54) is 5.01 Å².